The quantitative estimate of drug-likeness (QED) is 0.261. The summed E-state index contributed by atoms with van der Waals surface area (Å²) in [5, 5.41) is 6.35. The maximum atomic E-state index is 11.7. The van der Waals surface area contributed by atoms with Crippen LogP contribution in [-0.4, -0.2) is 43.8 Å². The van der Waals surface area contributed by atoms with Gasteiger partial charge in [-0.2, -0.15) is 0 Å². The van der Waals surface area contributed by atoms with Gasteiger partial charge in [0.15, 0.2) is 0 Å². The van der Waals surface area contributed by atoms with E-state index in [0.717, 1.165) is 0 Å². The van der Waals surface area contributed by atoms with Gasteiger partial charge >= 0.3 is 5.97 Å². The van der Waals surface area contributed by atoms with Gasteiger partial charge in [-0.05, 0) is 18.0 Å². The predicted molar refractivity (Wildman–Crippen MR) is 75.2 cm³/mol. The fourth-order valence-electron chi connectivity index (χ4n) is 2.15. The topological polar surface area (TPSA) is 113 Å². The molecule has 0 fully saturated rings. The monoisotopic (exact) mass is 294 g/mol. The third-order valence-electron chi connectivity index (χ3n) is 2.99. The number of methoxy groups -OCH3 is 1. The molecule has 0 aromatic carbocycles. The van der Waals surface area contributed by atoms with E-state index >= 15 is 0 Å². The van der Waals surface area contributed by atoms with Gasteiger partial charge in [0.25, 0.3) is 0 Å². The first kappa shape index (κ1) is 16.7. The number of rotatable bonds is 6. The van der Waals surface area contributed by atoms with Gasteiger partial charge in [0.1, 0.15) is 0 Å². The van der Waals surface area contributed by atoms with Crippen molar-refractivity contribution in [3.63, 3.8) is 0 Å². The number of ether oxygens (including phenoxy) is 2. The lowest BCUT2D eigenvalue weighted by Gasteiger charge is -2.34. The van der Waals surface area contributed by atoms with Crippen LogP contribution < -0.4 is 5.32 Å². The third-order valence-corrected chi connectivity index (χ3v) is 2.99. The highest BCUT2D eigenvalue weighted by molar-refractivity contribution is 5.89. The number of esters is 1. The number of hydrogen-bond donors (Lipinski definition) is 1. The lowest BCUT2D eigenvalue weighted by Crippen LogP contribution is -2.52. The van der Waals surface area contributed by atoms with Gasteiger partial charge in [0.05, 0.1) is 31.9 Å². The minimum atomic E-state index is -0.632. The molecule has 3 unspecified atom stereocenters. The molecule has 114 valence electrons. The standard InChI is InChI=1S/C13H18N4O4/c1-4-5-21-11-7-9(13(19)20-3)6-10(16-17-14)12(11)15-8(2)18/h4,7,10-12H,1,5-6H2,2-3H3,(H,15,18). The van der Waals surface area contributed by atoms with E-state index in [2.05, 4.69) is 26.7 Å². The predicted octanol–water partition coefficient (Wildman–Crippen LogP) is 1.24. The van der Waals surface area contributed by atoms with Crippen molar-refractivity contribution in [3.05, 3.63) is 34.7 Å². The summed E-state index contributed by atoms with van der Waals surface area (Å²) in [5.74, 6) is -0.790. The molecule has 8 nitrogen and oxygen atoms in total. The van der Waals surface area contributed by atoms with E-state index < -0.39 is 24.2 Å². The van der Waals surface area contributed by atoms with Crippen molar-refractivity contribution in [2.24, 2.45) is 5.11 Å². The summed E-state index contributed by atoms with van der Waals surface area (Å²) in [6, 6.07) is -1.18. The number of nitrogens with one attached hydrogen (secondary N) is 1. The summed E-state index contributed by atoms with van der Waals surface area (Å²) < 4.78 is 10.2. The average Bonchev–Trinajstić information content (AvgIpc) is 2.46. The molecule has 1 aliphatic rings. The zero-order valence-electron chi connectivity index (χ0n) is 12.0. The Balaban J connectivity index is 3.11. The van der Waals surface area contributed by atoms with Crippen LogP contribution in [0.3, 0.4) is 0 Å². The molecule has 0 aromatic heterocycles. The van der Waals surface area contributed by atoms with Gasteiger partial charge in [0.2, 0.25) is 5.91 Å². The van der Waals surface area contributed by atoms with Crippen LogP contribution in [0.25, 0.3) is 10.4 Å². The van der Waals surface area contributed by atoms with E-state index in [-0.39, 0.29) is 18.9 Å². The lowest BCUT2D eigenvalue weighted by atomic mass is 9.88. The molecule has 3 atom stereocenters. The number of nitrogens with zero attached hydrogens (tertiary/aromatic N) is 3. The van der Waals surface area contributed by atoms with Crippen LogP contribution in [0, 0.1) is 0 Å². The molecule has 0 saturated carbocycles. The molecule has 1 rings (SSSR count). The fraction of sp³-hybridized carbons (Fsp3) is 0.538. The first-order valence-electron chi connectivity index (χ1n) is 6.36. The summed E-state index contributed by atoms with van der Waals surface area (Å²) in [4.78, 5) is 25.8. The summed E-state index contributed by atoms with van der Waals surface area (Å²) >= 11 is 0. The minimum absolute atomic E-state index is 0.176. The highest BCUT2D eigenvalue weighted by atomic mass is 16.5. The van der Waals surface area contributed by atoms with Crippen LogP contribution >= 0.6 is 0 Å². The molecule has 1 amide bonds. The minimum Gasteiger partial charge on any atom is -0.466 e. The van der Waals surface area contributed by atoms with E-state index in [1.807, 2.05) is 0 Å². The second kappa shape index (κ2) is 8.08. The normalized spacial score (nSPS) is 24.3. The van der Waals surface area contributed by atoms with Gasteiger partial charge in [-0.1, -0.05) is 11.2 Å². The van der Waals surface area contributed by atoms with Crippen molar-refractivity contribution in [2.75, 3.05) is 13.7 Å². The Morgan fingerprint density at radius 1 is 1.67 bits per heavy atom. The molecule has 1 aliphatic carbocycles. The molecule has 0 spiro atoms. The van der Waals surface area contributed by atoms with E-state index in [1.54, 1.807) is 12.2 Å². The van der Waals surface area contributed by atoms with Gasteiger partial charge in [-0.15, -0.1) is 6.58 Å². The highest BCUT2D eigenvalue weighted by Crippen LogP contribution is 2.25. The largest absolute Gasteiger partial charge is 0.466 e. The first-order valence-corrected chi connectivity index (χ1v) is 6.36. The van der Waals surface area contributed by atoms with Crippen molar-refractivity contribution in [1.29, 1.82) is 0 Å². The summed E-state index contributed by atoms with van der Waals surface area (Å²) in [5.41, 5.74) is 9.02. The third kappa shape index (κ3) is 4.62. The van der Waals surface area contributed by atoms with E-state index in [1.165, 1.54) is 14.0 Å². The van der Waals surface area contributed by atoms with Crippen LogP contribution in [0.5, 0.6) is 0 Å². The van der Waals surface area contributed by atoms with E-state index in [0.29, 0.717) is 5.57 Å². The number of amides is 1. The Bertz CT molecular complexity index is 496. The van der Waals surface area contributed by atoms with Crippen molar-refractivity contribution in [1.82, 2.24) is 5.32 Å². The zero-order valence-corrected chi connectivity index (χ0v) is 12.0. The van der Waals surface area contributed by atoms with Crippen LogP contribution in [0.4, 0.5) is 0 Å². The summed E-state index contributed by atoms with van der Waals surface area (Å²) in [7, 11) is 1.27. The molecule has 0 bridgehead atoms. The molecule has 0 radical (unpaired) electrons. The molecule has 1 N–H and O–H groups in total. The lowest BCUT2D eigenvalue weighted by molar-refractivity contribution is -0.136. The maximum Gasteiger partial charge on any atom is 0.333 e. The molecule has 8 heteroatoms. The molecule has 0 aliphatic heterocycles. The van der Waals surface area contributed by atoms with Crippen LogP contribution in [0.15, 0.2) is 29.4 Å². The Morgan fingerprint density at radius 3 is 2.90 bits per heavy atom. The number of azide groups is 1. The fourth-order valence-corrected chi connectivity index (χ4v) is 2.15. The molecule has 0 aromatic rings. The van der Waals surface area contributed by atoms with Crippen LogP contribution in [-0.2, 0) is 19.1 Å². The molecule has 21 heavy (non-hydrogen) atoms. The van der Waals surface area contributed by atoms with Gasteiger partial charge in [-0.25, -0.2) is 4.79 Å². The van der Waals surface area contributed by atoms with Crippen molar-refractivity contribution in [3.8, 4) is 0 Å². The Morgan fingerprint density at radius 2 is 2.38 bits per heavy atom. The smallest absolute Gasteiger partial charge is 0.333 e. The first-order chi connectivity index (χ1) is 10.0. The second-order valence-corrected chi connectivity index (χ2v) is 4.47. The number of hydrogen-bond acceptors (Lipinski definition) is 5. The van der Waals surface area contributed by atoms with Crippen molar-refractivity contribution >= 4 is 11.9 Å². The maximum absolute atomic E-state index is 11.7. The van der Waals surface area contributed by atoms with Crippen LogP contribution in [0.1, 0.15) is 13.3 Å². The number of carbonyl (C=O) groups is 2. The second-order valence-electron chi connectivity index (χ2n) is 4.47. The van der Waals surface area contributed by atoms with E-state index in [4.69, 9.17) is 10.3 Å². The molecule has 0 heterocycles. The van der Waals surface area contributed by atoms with E-state index in [9.17, 15) is 9.59 Å². The van der Waals surface area contributed by atoms with Crippen LogP contribution in [0.2, 0.25) is 0 Å². The molecular formula is C13H18N4O4. The van der Waals surface area contributed by atoms with Crippen molar-refractivity contribution in [2.45, 2.75) is 31.5 Å². The molecule has 0 saturated heterocycles. The van der Waals surface area contributed by atoms with Gasteiger partial charge in [-0.3, -0.25) is 4.79 Å². The summed E-state index contributed by atoms with van der Waals surface area (Å²) in [6.07, 6.45) is 2.70. The van der Waals surface area contributed by atoms with Crippen molar-refractivity contribution < 1.29 is 19.1 Å². The summed E-state index contributed by atoms with van der Waals surface area (Å²) in [6.45, 7) is 5.14. The molecular weight excluding hydrogens is 276 g/mol. The van der Waals surface area contributed by atoms with Gasteiger partial charge < -0.3 is 14.8 Å². The zero-order chi connectivity index (χ0) is 15.8. The Kier molecular flexibility index (Phi) is 6.45. The SMILES string of the molecule is C=CCOC1C=C(C(=O)OC)CC(N=[N+]=[N-])C1NC(C)=O. The van der Waals surface area contributed by atoms with Gasteiger partial charge in [0, 0.05) is 17.4 Å². The Hall–Kier alpha value is -2.31. The number of carbonyl (C=O) groups excluding carboxylic acids is 2. The Labute approximate surface area is 122 Å². The average molecular weight is 294 g/mol. The highest BCUT2D eigenvalue weighted by Gasteiger charge is 2.36.